The van der Waals surface area contributed by atoms with Gasteiger partial charge in [0.1, 0.15) is 11.2 Å². The minimum atomic E-state index is -0.697. The van der Waals surface area contributed by atoms with Crippen LogP contribution in [0.2, 0.25) is 5.02 Å². The Labute approximate surface area is 253 Å². The van der Waals surface area contributed by atoms with Gasteiger partial charge in [-0.25, -0.2) is 10.8 Å². The number of piperazine rings is 1. The Morgan fingerprint density at radius 1 is 1.09 bits per heavy atom. The molecule has 1 aliphatic rings. The van der Waals surface area contributed by atoms with Gasteiger partial charge in [0.05, 0.1) is 10.7 Å². The van der Waals surface area contributed by atoms with Crippen LogP contribution in [0, 0.1) is 0 Å². The van der Waals surface area contributed by atoms with Crippen molar-refractivity contribution >= 4 is 46.1 Å². The molecule has 12 nitrogen and oxygen atoms in total. The first kappa shape index (κ1) is 30.1. The maximum Gasteiger partial charge on any atom is 0.267 e. The van der Waals surface area contributed by atoms with E-state index in [1.165, 1.54) is 24.3 Å². The Hall–Kier alpha value is -4.36. The molecule has 0 atom stereocenters. The highest BCUT2D eigenvalue weighted by Gasteiger charge is 2.18. The molecule has 0 aliphatic carbocycles. The number of benzene rings is 2. The number of nitrogens with zero attached hydrogens (tertiary/aromatic N) is 5. The first-order valence-electron chi connectivity index (χ1n) is 14.0. The lowest BCUT2D eigenvalue weighted by Crippen LogP contribution is -2.45. The Bertz CT molecular complexity index is 1660. The van der Waals surface area contributed by atoms with Crippen molar-refractivity contribution in [1.29, 1.82) is 0 Å². The largest absolute Gasteiger partial charge is 0.353 e. The van der Waals surface area contributed by atoms with Crippen LogP contribution in [-0.4, -0.2) is 94.4 Å². The fourth-order valence-corrected chi connectivity index (χ4v) is 4.91. The molecule has 0 unspecified atom stereocenters. The monoisotopic (exact) mass is 603 g/mol. The van der Waals surface area contributed by atoms with E-state index in [-0.39, 0.29) is 21.8 Å². The van der Waals surface area contributed by atoms with Crippen molar-refractivity contribution in [3.8, 4) is 0 Å². The smallest absolute Gasteiger partial charge is 0.267 e. The van der Waals surface area contributed by atoms with Gasteiger partial charge in [0, 0.05) is 63.0 Å². The molecule has 13 heteroatoms. The minimum absolute atomic E-state index is 0.150. The van der Waals surface area contributed by atoms with Gasteiger partial charge in [0.25, 0.3) is 17.4 Å². The molecule has 43 heavy (non-hydrogen) atoms. The van der Waals surface area contributed by atoms with Crippen molar-refractivity contribution in [2.75, 3.05) is 63.5 Å². The van der Waals surface area contributed by atoms with Gasteiger partial charge in [-0.05, 0) is 43.3 Å². The quantitative estimate of drug-likeness (QED) is 0.122. The first-order valence-corrected chi connectivity index (χ1v) is 14.4. The molecule has 0 bridgehead atoms. The topological polar surface area (TPSA) is 153 Å². The minimum Gasteiger partial charge on any atom is -0.353 e. The number of halogens is 1. The van der Waals surface area contributed by atoms with Crippen LogP contribution in [0.5, 0.6) is 0 Å². The Morgan fingerprint density at radius 3 is 2.63 bits per heavy atom. The Balaban J connectivity index is 1.22. The van der Waals surface area contributed by atoms with Crippen molar-refractivity contribution < 1.29 is 9.59 Å². The number of fused-ring (bicyclic) bond motifs is 1. The van der Waals surface area contributed by atoms with Gasteiger partial charge in [-0.15, -0.1) is 0 Å². The zero-order valence-corrected chi connectivity index (χ0v) is 24.6. The van der Waals surface area contributed by atoms with E-state index >= 15 is 0 Å². The molecule has 1 aliphatic heterocycles. The zero-order valence-electron chi connectivity index (χ0n) is 23.8. The summed E-state index contributed by atoms with van der Waals surface area (Å²) < 4.78 is 0. The van der Waals surface area contributed by atoms with Crippen molar-refractivity contribution in [3.05, 3.63) is 92.9 Å². The summed E-state index contributed by atoms with van der Waals surface area (Å²) in [5.41, 5.74) is 0.998. The lowest BCUT2D eigenvalue weighted by Gasteiger charge is -2.32. The summed E-state index contributed by atoms with van der Waals surface area (Å²) in [6.45, 7) is 5.94. The molecule has 0 saturated carbocycles. The highest BCUT2D eigenvalue weighted by Crippen LogP contribution is 2.24. The zero-order chi connectivity index (χ0) is 30.3. The van der Waals surface area contributed by atoms with Gasteiger partial charge in [0.15, 0.2) is 0 Å². The number of aromatic amines is 1. The van der Waals surface area contributed by atoms with Crippen LogP contribution in [0.4, 0.5) is 11.6 Å². The molecular formula is C30H34ClN9O3. The van der Waals surface area contributed by atoms with Gasteiger partial charge in [-0.3, -0.25) is 24.3 Å². The molecule has 224 valence electrons. The highest BCUT2D eigenvalue weighted by atomic mass is 35.5. The summed E-state index contributed by atoms with van der Waals surface area (Å²) in [7, 11) is 2.12. The fourth-order valence-electron chi connectivity index (χ4n) is 4.75. The van der Waals surface area contributed by atoms with Crippen molar-refractivity contribution in [1.82, 2.24) is 29.8 Å². The number of likely N-dealkylation sites (N-methyl/N-ethyl adjacent to an activating group) is 1. The Kier molecular flexibility index (Phi) is 9.62. The van der Waals surface area contributed by atoms with Crippen molar-refractivity contribution in [2.45, 2.75) is 6.42 Å². The molecule has 2 aromatic carbocycles. The number of aromatic nitrogens is 3. The van der Waals surface area contributed by atoms with E-state index in [9.17, 15) is 14.4 Å². The fraction of sp³-hybridized carbons (Fsp3) is 0.300. The van der Waals surface area contributed by atoms with Gasteiger partial charge in [0.2, 0.25) is 5.95 Å². The summed E-state index contributed by atoms with van der Waals surface area (Å²) in [5.74, 6) is 5.28. The van der Waals surface area contributed by atoms with Crippen LogP contribution in [0.3, 0.4) is 0 Å². The molecule has 0 radical (unpaired) electrons. The summed E-state index contributed by atoms with van der Waals surface area (Å²) in [6, 6.07) is 15.6. The third-order valence-corrected chi connectivity index (χ3v) is 7.68. The number of anilines is 2. The normalized spacial score (nSPS) is 14.0. The molecule has 4 aromatic rings. The van der Waals surface area contributed by atoms with E-state index in [1.807, 2.05) is 30.3 Å². The van der Waals surface area contributed by atoms with Gasteiger partial charge >= 0.3 is 0 Å². The summed E-state index contributed by atoms with van der Waals surface area (Å²) >= 11 is 6.31. The van der Waals surface area contributed by atoms with Gasteiger partial charge in [-0.1, -0.05) is 41.9 Å². The van der Waals surface area contributed by atoms with Crippen LogP contribution in [0.1, 0.15) is 26.3 Å². The molecule has 2 amide bonds. The third-order valence-electron chi connectivity index (χ3n) is 7.35. The van der Waals surface area contributed by atoms with E-state index in [4.69, 9.17) is 17.4 Å². The van der Waals surface area contributed by atoms with Gasteiger partial charge < -0.3 is 20.5 Å². The number of H-pyrrole nitrogens is 1. The van der Waals surface area contributed by atoms with E-state index in [0.717, 1.165) is 43.3 Å². The molecule has 5 N–H and O–H groups in total. The lowest BCUT2D eigenvalue weighted by atomic mass is 10.1. The van der Waals surface area contributed by atoms with Crippen molar-refractivity contribution in [2.24, 2.45) is 5.84 Å². The van der Waals surface area contributed by atoms with E-state index in [1.54, 1.807) is 6.20 Å². The van der Waals surface area contributed by atoms with Crippen molar-refractivity contribution in [3.63, 3.8) is 0 Å². The third kappa shape index (κ3) is 7.73. The van der Waals surface area contributed by atoms with Crippen LogP contribution in [-0.2, 0) is 6.42 Å². The second-order valence-corrected chi connectivity index (χ2v) is 10.9. The number of amides is 2. The summed E-state index contributed by atoms with van der Waals surface area (Å²) in [4.78, 5) is 55.0. The average molecular weight is 604 g/mol. The van der Waals surface area contributed by atoms with E-state index < -0.39 is 17.4 Å². The average Bonchev–Trinajstić information content (AvgIpc) is 3.01. The van der Waals surface area contributed by atoms with Crippen LogP contribution in [0.15, 0.2) is 65.6 Å². The van der Waals surface area contributed by atoms with Gasteiger partial charge in [-0.2, -0.15) is 4.98 Å². The number of pyridine rings is 1. The first-order chi connectivity index (χ1) is 20.8. The lowest BCUT2D eigenvalue weighted by molar-refractivity contribution is 0.0757. The van der Waals surface area contributed by atoms with E-state index in [2.05, 4.69) is 42.4 Å². The molecule has 2 aromatic heterocycles. The second kappa shape index (κ2) is 13.7. The number of carbonyl (C=O) groups excluding carboxylic acids is 2. The van der Waals surface area contributed by atoms with Crippen LogP contribution < -0.4 is 22.0 Å². The molecule has 1 saturated heterocycles. The Morgan fingerprint density at radius 2 is 1.86 bits per heavy atom. The predicted octanol–water partition coefficient (Wildman–Crippen LogP) is 2.44. The summed E-state index contributed by atoms with van der Waals surface area (Å²) in [5, 5.41) is 7.63. The van der Waals surface area contributed by atoms with E-state index in [0.29, 0.717) is 36.5 Å². The molecule has 5 rings (SSSR count). The van der Waals surface area contributed by atoms with Crippen LogP contribution in [0.25, 0.3) is 11.0 Å². The number of nitrogens with two attached hydrogens (primary N) is 1. The highest BCUT2D eigenvalue weighted by molar-refractivity contribution is 6.34. The number of hydrogen-bond donors (Lipinski definition) is 4. The van der Waals surface area contributed by atoms with Crippen LogP contribution >= 0.6 is 11.6 Å². The maximum atomic E-state index is 13.1. The standard InChI is InChI=1S/C30H34ClN9O3/c1-38-13-15-39(16-14-38)12-10-33-30-34-19-22-17-23(28(42)36-26(22)37-30)27(41)35-25-18-21(7-8-24(25)31)29(43)40(32)11-9-20-5-3-2-4-6-20/h2-8,17-19H,9-16,32H2,1H3,(H,35,41)(H2,33,34,36,37,42). The second-order valence-electron chi connectivity index (χ2n) is 10.5. The maximum absolute atomic E-state index is 13.1. The number of hydrogen-bond acceptors (Lipinski definition) is 9. The SMILES string of the molecule is CN1CCN(CCNc2ncc3cc(C(=O)Nc4cc(C(=O)N(N)CCc5ccccc5)ccc4Cl)c(=O)[nH]c3n2)CC1. The summed E-state index contributed by atoms with van der Waals surface area (Å²) in [6.07, 6.45) is 2.13. The number of nitrogens with one attached hydrogen (secondary N) is 3. The molecule has 1 fully saturated rings. The number of rotatable bonds is 10. The number of carbonyl (C=O) groups is 2. The molecular weight excluding hydrogens is 570 g/mol. The molecule has 3 heterocycles. The molecule has 0 spiro atoms. The number of hydrazine groups is 1. The predicted molar refractivity (Wildman–Crippen MR) is 167 cm³/mol.